The molecule has 4 nitrogen and oxygen atoms in total. The van der Waals surface area contributed by atoms with Gasteiger partial charge < -0.3 is 4.74 Å². The lowest BCUT2D eigenvalue weighted by molar-refractivity contribution is -0.119. The van der Waals surface area contributed by atoms with Crippen LogP contribution in [0.3, 0.4) is 0 Å². The summed E-state index contributed by atoms with van der Waals surface area (Å²) in [5, 5.41) is 0.678. The Hall–Kier alpha value is -2.63. The number of amides is 1. The van der Waals surface area contributed by atoms with E-state index in [1.165, 1.54) is 7.11 Å². The summed E-state index contributed by atoms with van der Waals surface area (Å²) in [7, 11) is 1.34. The van der Waals surface area contributed by atoms with Gasteiger partial charge >= 0.3 is 5.97 Å². The maximum absolute atomic E-state index is 13.8. The number of nitrogens with zero attached hydrogens (tertiary/aromatic N) is 1. The third-order valence-corrected chi connectivity index (χ3v) is 6.72. The van der Waals surface area contributed by atoms with Crippen molar-refractivity contribution in [3.05, 3.63) is 92.9 Å². The van der Waals surface area contributed by atoms with Crippen molar-refractivity contribution in [1.29, 1.82) is 0 Å². The Morgan fingerprint density at radius 2 is 1.87 bits per heavy atom. The van der Waals surface area contributed by atoms with Crippen LogP contribution in [-0.4, -0.2) is 19.0 Å². The largest absolute Gasteiger partial charge is 0.465 e. The van der Waals surface area contributed by atoms with Crippen molar-refractivity contribution < 1.29 is 14.3 Å². The minimum Gasteiger partial charge on any atom is -0.465 e. The number of hydrogen-bond acceptors (Lipinski definition) is 3. The Morgan fingerprint density at radius 3 is 2.60 bits per heavy atom. The van der Waals surface area contributed by atoms with Crippen molar-refractivity contribution in [2.45, 2.75) is 17.8 Å². The van der Waals surface area contributed by atoms with Gasteiger partial charge in [-0.1, -0.05) is 57.9 Å². The van der Waals surface area contributed by atoms with Gasteiger partial charge in [0, 0.05) is 15.4 Å². The zero-order chi connectivity index (χ0) is 21.0. The van der Waals surface area contributed by atoms with Crippen molar-refractivity contribution in [3.63, 3.8) is 0 Å². The van der Waals surface area contributed by atoms with Gasteiger partial charge in [-0.25, -0.2) is 4.79 Å². The lowest BCUT2D eigenvalue weighted by Gasteiger charge is -2.19. The van der Waals surface area contributed by atoms with Gasteiger partial charge in [0.15, 0.2) is 0 Å². The normalized spacial score (nSPS) is 21.6. The number of carbonyl (C=O) groups excluding carboxylic acids is 2. The van der Waals surface area contributed by atoms with Crippen molar-refractivity contribution in [1.82, 2.24) is 0 Å². The van der Waals surface area contributed by atoms with Gasteiger partial charge in [-0.3, -0.25) is 9.69 Å². The molecule has 1 heterocycles. The maximum atomic E-state index is 13.8. The van der Waals surface area contributed by atoms with Gasteiger partial charge in [0.05, 0.1) is 29.5 Å². The van der Waals surface area contributed by atoms with E-state index in [1.54, 1.807) is 17.0 Å². The van der Waals surface area contributed by atoms with Crippen LogP contribution in [0.5, 0.6) is 0 Å². The minimum absolute atomic E-state index is 0.0255. The van der Waals surface area contributed by atoms with E-state index in [9.17, 15) is 9.59 Å². The molecule has 2 unspecified atom stereocenters. The number of halogens is 2. The van der Waals surface area contributed by atoms with E-state index in [0.29, 0.717) is 20.7 Å². The van der Waals surface area contributed by atoms with Gasteiger partial charge in [-0.05, 0) is 53.9 Å². The molecular formula is C24H17BrClNO3. The van der Waals surface area contributed by atoms with Gasteiger partial charge in [0.1, 0.15) is 0 Å². The minimum atomic E-state index is -0.585. The van der Waals surface area contributed by atoms with Crippen LogP contribution in [0, 0.1) is 0 Å². The van der Waals surface area contributed by atoms with Crippen LogP contribution in [0.2, 0.25) is 5.02 Å². The second-order valence-electron chi connectivity index (χ2n) is 7.63. The third kappa shape index (κ3) is 2.80. The summed E-state index contributed by atoms with van der Waals surface area (Å²) in [5.41, 5.74) is 3.42. The topological polar surface area (TPSA) is 46.6 Å². The SMILES string of the molecule is COC(=O)c1cc(Br)cc(N2C(=O)C3(CC3c3ccc(Cl)cc3)c3ccccc32)c1. The molecule has 5 rings (SSSR count). The van der Waals surface area contributed by atoms with Crippen LogP contribution in [0.15, 0.2) is 71.2 Å². The number of anilines is 2. The molecule has 150 valence electrons. The van der Waals surface area contributed by atoms with Gasteiger partial charge in [-0.2, -0.15) is 0 Å². The van der Waals surface area contributed by atoms with Gasteiger partial charge in [0.2, 0.25) is 5.91 Å². The van der Waals surface area contributed by atoms with E-state index in [1.807, 2.05) is 54.6 Å². The van der Waals surface area contributed by atoms with Crippen LogP contribution < -0.4 is 4.90 Å². The maximum Gasteiger partial charge on any atom is 0.337 e. The second kappa shape index (κ2) is 6.96. The molecule has 3 aromatic carbocycles. The number of benzene rings is 3. The van der Waals surface area contributed by atoms with E-state index >= 15 is 0 Å². The zero-order valence-corrected chi connectivity index (χ0v) is 18.4. The van der Waals surface area contributed by atoms with Crippen molar-refractivity contribution in [2.24, 2.45) is 0 Å². The highest BCUT2D eigenvalue weighted by Gasteiger charge is 2.67. The Kier molecular flexibility index (Phi) is 4.49. The number of methoxy groups -OCH3 is 1. The summed E-state index contributed by atoms with van der Waals surface area (Å²) in [6.07, 6.45) is 0.749. The molecule has 0 bridgehead atoms. The van der Waals surface area contributed by atoms with E-state index in [2.05, 4.69) is 15.9 Å². The fourth-order valence-electron chi connectivity index (χ4n) is 4.56. The van der Waals surface area contributed by atoms with Crippen molar-refractivity contribution in [2.75, 3.05) is 12.0 Å². The molecule has 6 heteroatoms. The fraction of sp³-hybridized carbons (Fsp3) is 0.167. The number of ether oxygens (including phenoxy) is 1. The summed E-state index contributed by atoms with van der Waals surface area (Å²) < 4.78 is 5.57. The molecule has 3 aromatic rings. The number of hydrogen-bond donors (Lipinski definition) is 0. The summed E-state index contributed by atoms with van der Waals surface area (Å²) in [6, 6.07) is 20.8. The number of fused-ring (bicyclic) bond motifs is 2. The molecule has 1 amide bonds. The molecule has 1 spiro atoms. The summed E-state index contributed by atoms with van der Waals surface area (Å²) in [6.45, 7) is 0. The lowest BCUT2D eigenvalue weighted by atomic mass is 9.92. The first-order valence-electron chi connectivity index (χ1n) is 9.54. The smallest absolute Gasteiger partial charge is 0.337 e. The first-order valence-corrected chi connectivity index (χ1v) is 10.7. The highest BCUT2D eigenvalue weighted by atomic mass is 79.9. The molecule has 1 fully saturated rings. The molecule has 0 aromatic heterocycles. The first-order chi connectivity index (χ1) is 14.5. The molecular weight excluding hydrogens is 466 g/mol. The summed E-state index contributed by atoms with van der Waals surface area (Å²) in [4.78, 5) is 27.7. The zero-order valence-electron chi connectivity index (χ0n) is 16.1. The standard InChI is InChI=1S/C24H17BrClNO3/c1-30-22(28)15-10-16(25)12-18(11-15)27-21-5-3-2-4-19(21)24(23(27)29)13-20(24)14-6-8-17(26)9-7-14/h2-12,20H,13H2,1H3. The number of carbonyl (C=O) groups is 2. The molecule has 1 aliphatic carbocycles. The Balaban J connectivity index is 1.62. The third-order valence-electron chi connectivity index (χ3n) is 6.01. The first kappa shape index (κ1) is 19.3. The predicted octanol–water partition coefficient (Wildman–Crippen LogP) is 5.99. The van der Waals surface area contributed by atoms with Crippen LogP contribution in [-0.2, 0) is 14.9 Å². The average Bonchev–Trinajstić information content (AvgIpc) is 3.45. The van der Waals surface area contributed by atoms with Crippen molar-refractivity contribution >= 4 is 50.8 Å². The fourth-order valence-corrected chi connectivity index (χ4v) is 5.17. The molecule has 2 aliphatic rings. The molecule has 0 N–H and O–H groups in total. The lowest BCUT2D eigenvalue weighted by Crippen LogP contribution is -2.29. The summed E-state index contributed by atoms with van der Waals surface area (Å²) in [5.74, 6) is -0.323. The average molecular weight is 483 g/mol. The molecule has 0 saturated heterocycles. The van der Waals surface area contributed by atoms with E-state index in [4.69, 9.17) is 16.3 Å². The molecule has 2 atom stereocenters. The molecule has 1 aliphatic heterocycles. The van der Waals surface area contributed by atoms with Crippen LogP contribution in [0.1, 0.15) is 33.8 Å². The Labute approximate surface area is 187 Å². The monoisotopic (exact) mass is 481 g/mol. The van der Waals surface area contributed by atoms with E-state index in [-0.39, 0.29) is 11.8 Å². The quantitative estimate of drug-likeness (QED) is 0.431. The van der Waals surface area contributed by atoms with Crippen molar-refractivity contribution in [3.8, 4) is 0 Å². The highest BCUT2D eigenvalue weighted by molar-refractivity contribution is 9.10. The number of rotatable bonds is 3. The highest BCUT2D eigenvalue weighted by Crippen LogP contribution is 2.67. The van der Waals surface area contributed by atoms with Crippen LogP contribution >= 0.6 is 27.5 Å². The van der Waals surface area contributed by atoms with E-state index in [0.717, 1.165) is 23.2 Å². The Bertz CT molecular complexity index is 1190. The number of para-hydroxylation sites is 1. The van der Waals surface area contributed by atoms with Crippen LogP contribution in [0.25, 0.3) is 0 Å². The van der Waals surface area contributed by atoms with Crippen LogP contribution in [0.4, 0.5) is 11.4 Å². The number of esters is 1. The summed E-state index contributed by atoms with van der Waals surface area (Å²) >= 11 is 9.51. The molecule has 30 heavy (non-hydrogen) atoms. The van der Waals surface area contributed by atoms with E-state index < -0.39 is 11.4 Å². The second-order valence-corrected chi connectivity index (χ2v) is 8.98. The van der Waals surface area contributed by atoms with Gasteiger partial charge in [0.25, 0.3) is 0 Å². The molecule has 1 saturated carbocycles. The predicted molar refractivity (Wildman–Crippen MR) is 120 cm³/mol. The Morgan fingerprint density at radius 1 is 1.13 bits per heavy atom. The molecule has 0 radical (unpaired) electrons. The van der Waals surface area contributed by atoms with Gasteiger partial charge in [-0.15, -0.1) is 0 Å².